The van der Waals surface area contributed by atoms with E-state index in [1.807, 2.05) is 6.08 Å². The van der Waals surface area contributed by atoms with Crippen molar-refractivity contribution in [3.05, 3.63) is 41.2 Å². The van der Waals surface area contributed by atoms with Gasteiger partial charge >= 0.3 is 5.97 Å². The lowest BCUT2D eigenvalue weighted by atomic mass is 9.95. The third-order valence-electron chi connectivity index (χ3n) is 4.52. The molecule has 1 aromatic carbocycles. The van der Waals surface area contributed by atoms with Crippen molar-refractivity contribution in [1.82, 2.24) is 0 Å². The Morgan fingerprint density at radius 3 is 2.54 bits per heavy atom. The maximum atomic E-state index is 14.6. The third-order valence-corrected chi connectivity index (χ3v) is 4.52. The number of methoxy groups -OCH3 is 1. The lowest BCUT2D eigenvalue weighted by molar-refractivity contribution is -0.133. The van der Waals surface area contributed by atoms with Crippen LogP contribution in [0.15, 0.2) is 45.0 Å². The highest BCUT2D eigenvalue weighted by Gasteiger charge is 2.33. The summed E-state index contributed by atoms with van der Waals surface area (Å²) >= 11 is 0. The average Bonchev–Trinajstić information content (AvgIpc) is 3.24. The molecule has 0 bridgehead atoms. The number of esters is 1. The number of halogens is 1. The van der Waals surface area contributed by atoms with Crippen molar-refractivity contribution in [3.63, 3.8) is 0 Å². The van der Waals surface area contributed by atoms with E-state index in [1.165, 1.54) is 13.2 Å². The van der Waals surface area contributed by atoms with Crippen molar-refractivity contribution in [2.24, 2.45) is 26.6 Å². The Balaban J connectivity index is 1.97. The quantitative estimate of drug-likeness (QED) is 0.598. The summed E-state index contributed by atoms with van der Waals surface area (Å²) in [4.78, 5) is 12.1. The van der Waals surface area contributed by atoms with Crippen molar-refractivity contribution in [3.8, 4) is 0 Å². The molecule has 0 spiro atoms. The van der Waals surface area contributed by atoms with Gasteiger partial charge in [-0.3, -0.25) is 0 Å². The summed E-state index contributed by atoms with van der Waals surface area (Å²) in [5.74, 6) is -0.631. The van der Waals surface area contributed by atoms with Crippen molar-refractivity contribution in [1.29, 1.82) is 0 Å². The molecule has 6 nitrogen and oxygen atoms in total. The van der Waals surface area contributed by atoms with Crippen LogP contribution < -0.4 is 0 Å². The molecule has 0 atom stereocenters. The topological polar surface area (TPSA) is 75.7 Å². The molecule has 0 aromatic heterocycles. The number of allylic oxidation sites excluding steroid dienone is 1. The summed E-state index contributed by atoms with van der Waals surface area (Å²) in [6.45, 7) is 1.63. The Bertz CT molecular complexity index is 724. The van der Waals surface area contributed by atoms with E-state index >= 15 is 0 Å². The molecule has 7 heteroatoms. The van der Waals surface area contributed by atoms with Gasteiger partial charge in [0.15, 0.2) is 0 Å². The molecule has 0 N–H and O–H groups in total. The first-order valence-electron chi connectivity index (χ1n) is 7.98. The first-order valence-corrected chi connectivity index (χ1v) is 7.98. The predicted molar refractivity (Wildman–Crippen MR) is 85.4 cm³/mol. The summed E-state index contributed by atoms with van der Waals surface area (Å²) in [5, 5.41) is 14.6. The van der Waals surface area contributed by atoms with Gasteiger partial charge in [-0.25, -0.2) is 9.18 Å². The van der Waals surface area contributed by atoms with Crippen LogP contribution in [0.5, 0.6) is 0 Å². The zero-order valence-corrected chi connectivity index (χ0v) is 13.7. The van der Waals surface area contributed by atoms with E-state index < -0.39 is 17.4 Å². The molecule has 1 heterocycles. The number of carbonyl (C=O) groups is 1. The number of rotatable bonds is 4. The lowest BCUT2D eigenvalue weighted by Crippen LogP contribution is -2.16. The van der Waals surface area contributed by atoms with Crippen LogP contribution in [-0.4, -0.2) is 13.1 Å². The molecule has 2 aliphatic rings. The molecule has 3 rings (SSSR count). The highest BCUT2D eigenvalue weighted by molar-refractivity contribution is 6.16. The monoisotopic (exact) mass is 330 g/mol. The lowest BCUT2D eigenvalue weighted by Gasteiger charge is -2.16. The van der Waals surface area contributed by atoms with Gasteiger partial charge in [0.1, 0.15) is 5.82 Å². The fourth-order valence-electron chi connectivity index (χ4n) is 3.16. The highest BCUT2D eigenvalue weighted by Crippen LogP contribution is 2.35. The zero-order valence-electron chi connectivity index (χ0n) is 13.7. The first-order chi connectivity index (χ1) is 11.5. The van der Waals surface area contributed by atoms with Gasteiger partial charge in [-0.2, -0.15) is 0 Å². The fourth-order valence-corrected chi connectivity index (χ4v) is 3.16. The van der Waals surface area contributed by atoms with Crippen LogP contribution in [0.1, 0.15) is 43.7 Å². The summed E-state index contributed by atoms with van der Waals surface area (Å²) in [6, 6.07) is 4.58. The first kappa shape index (κ1) is 16.4. The van der Waals surface area contributed by atoms with Crippen molar-refractivity contribution in [2.45, 2.75) is 38.3 Å². The maximum Gasteiger partial charge on any atom is 0.338 e. The van der Waals surface area contributed by atoms with E-state index in [2.05, 4.69) is 20.7 Å². The molecular weight excluding hydrogens is 311 g/mol. The van der Waals surface area contributed by atoms with E-state index in [0.29, 0.717) is 17.1 Å². The van der Waals surface area contributed by atoms with E-state index in [0.717, 1.165) is 25.7 Å². The van der Waals surface area contributed by atoms with Crippen LogP contribution in [0.25, 0.3) is 5.57 Å². The number of ether oxygens (including phenoxy) is 1. The van der Waals surface area contributed by atoms with Crippen LogP contribution in [0.2, 0.25) is 0 Å². The van der Waals surface area contributed by atoms with Crippen LogP contribution in [0.4, 0.5) is 4.39 Å². The number of benzene rings is 1. The van der Waals surface area contributed by atoms with Crippen LogP contribution in [0.3, 0.4) is 0 Å². The van der Waals surface area contributed by atoms with E-state index in [4.69, 9.17) is 4.74 Å². The van der Waals surface area contributed by atoms with Gasteiger partial charge in [0.05, 0.1) is 12.7 Å². The molecule has 1 aliphatic carbocycles. The van der Waals surface area contributed by atoms with Crippen LogP contribution >= 0.6 is 0 Å². The molecule has 0 radical (unpaired) electrons. The summed E-state index contributed by atoms with van der Waals surface area (Å²) in [7, 11) is 1.33. The number of hydrogen-bond acceptors (Lipinski definition) is 6. The van der Waals surface area contributed by atoms with Crippen LogP contribution in [-0.2, 0) is 15.2 Å². The number of hydrogen-bond donors (Lipinski definition) is 0. The Morgan fingerprint density at radius 1 is 1.29 bits per heavy atom. The van der Waals surface area contributed by atoms with Gasteiger partial charge in [0, 0.05) is 5.56 Å². The van der Waals surface area contributed by atoms with Gasteiger partial charge in [-0.15, -0.1) is 10.2 Å². The average molecular weight is 330 g/mol. The Kier molecular flexibility index (Phi) is 4.51. The van der Waals surface area contributed by atoms with E-state index in [-0.39, 0.29) is 5.56 Å². The van der Waals surface area contributed by atoms with Crippen LogP contribution in [0, 0.1) is 11.7 Å². The third kappa shape index (κ3) is 3.11. The summed E-state index contributed by atoms with van der Waals surface area (Å²) in [6.07, 6.45) is 6.29. The Labute approximate surface area is 139 Å². The number of nitrogens with zero attached hydrogens (tertiary/aromatic N) is 4. The van der Waals surface area contributed by atoms with Gasteiger partial charge in [0.2, 0.25) is 5.66 Å². The minimum absolute atomic E-state index is 0.265. The summed E-state index contributed by atoms with van der Waals surface area (Å²) in [5.41, 5.74) is 0.00456. The molecule has 24 heavy (non-hydrogen) atoms. The minimum Gasteiger partial charge on any atom is -0.465 e. The van der Waals surface area contributed by atoms with Crippen molar-refractivity contribution in [2.75, 3.05) is 7.11 Å². The van der Waals surface area contributed by atoms with Crippen molar-refractivity contribution < 1.29 is 13.9 Å². The molecule has 1 aromatic rings. The Hall–Kier alpha value is -2.44. The predicted octanol–water partition coefficient (Wildman–Crippen LogP) is 4.58. The molecular formula is C17H19FN4O2. The molecule has 0 saturated heterocycles. The second-order valence-corrected chi connectivity index (χ2v) is 6.21. The standard InChI is InChI=1S/C17H19FN4O2/c1-17(19-21-22-20-17)14-8-7-12(10-15(14)18)13(16(23)24-2)9-11-5-3-4-6-11/h7-11H,3-6H2,1-2H3/b13-9+. The largest absolute Gasteiger partial charge is 0.465 e. The molecule has 1 aliphatic heterocycles. The van der Waals surface area contributed by atoms with Gasteiger partial charge in [0.25, 0.3) is 0 Å². The second-order valence-electron chi connectivity index (χ2n) is 6.21. The summed E-state index contributed by atoms with van der Waals surface area (Å²) < 4.78 is 19.5. The van der Waals surface area contributed by atoms with Gasteiger partial charge in [-0.05, 0) is 47.8 Å². The molecule has 0 amide bonds. The van der Waals surface area contributed by atoms with Gasteiger partial charge < -0.3 is 4.74 Å². The fraction of sp³-hybridized carbons (Fsp3) is 0.471. The molecule has 126 valence electrons. The highest BCUT2D eigenvalue weighted by atomic mass is 19.1. The normalized spacial score (nSPS) is 19.9. The molecule has 1 saturated carbocycles. The molecule has 1 fully saturated rings. The smallest absolute Gasteiger partial charge is 0.338 e. The zero-order chi connectivity index (χ0) is 17.2. The van der Waals surface area contributed by atoms with Gasteiger partial charge in [-0.1, -0.05) is 31.1 Å². The maximum absolute atomic E-state index is 14.6. The SMILES string of the molecule is COC(=O)/C(=C/C1CCCC1)c1ccc(C2(C)N=NN=N2)c(F)c1. The van der Waals surface area contributed by atoms with E-state index in [9.17, 15) is 9.18 Å². The Morgan fingerprint density at radius 2 is 1.96 bits per heavy atom. The minimum atomic E-state index is -1.15. The van der Waals surface area contributed by atoms with E-state index in [1.54, 1.807) is 19.1 Å². The van der Waals surface area contributed by atoms with Crippen molar-refractivity contribution >= 4 is 11.5 Å². The molecule has 0 unspecified atom stereocenters. The number of carbonyl (C=O) groups excluding carboxylic acids is 1. The second kappa shape index (κ2) is 6.59.